The Kier molecular flexibility index (Phi) is 4.58. The average molecular weight is 347 g/mol. The number of carbonyl (C=O) groups is 1. The SMILES string of the molecule is CCC(O)(CF)CC(=O)Nc1nc2ccc(C)cc2n1C1(C)CCC1. The number of aryl methyl sites for hydroxylation is 1. The molecule has 0 aliphatic heterocycles. The Labute approximate surface area is 147 Å². The van der Waals surface area contributed by atoms with E-state index in [1.54, 1.807) is 6.92 Å². The molecule has 2 aromatic rings. The predicted octanol–water partition coefficient (Wildman–Crippen LogP) is 3.68. The topological polar surface area (TPSA) is 67.2 Å². The molecule has 1 aromatic heterocycles. The van der Waals surface area contributed by atoms with Gasteiger partial charge in [0, 0.05) is 5.54 Å². The highest BCUT2D eigenvalue weighted by molar-refractivity contribution is 5.92. The van der Waals surface area contributed by atoms with Crippen LogP contribution in [0.2, 0.25) is 0 Å². The van der Waals surface area contributed by atoms with Gasteiger partial charge in [-0.3, -0.25) is 10.1 Å². The molecule has 6 heteroatoms. The second-order valence-electron chi connectivity index (χ2n) is 7.55. The smallest absolute Gasteiger partial charge is 0.229 e. The number of imidazole rings is 1. The first-order valence-electron chi connectivity index (χ1n) is 8.88. The Morgan fingerprint density at radius 1 is 1.48 bits per heavy atom. The van der Waals surface area contributed by atoms with Crippen molar-refractivity contribution in [2.75, 3.05) is 12.0 Å². The van der Waals surface area contributed by atoms with Crippen LogP contribution in [0.1, 0.15) is 51.5 Å². The van der Waals surface area contributed by atoms with Crippen LogP contribution in [0.25, 0.3) is 11.0 Å². The van der Waals surface area contributed by atoms with E-state index in [9.17, 15) is 14.3 Å². The number of benzene rings is 1. The number of alkyl halides is 1. The van der Waals surface area contributed by atoms with Crippen molar-refractivity contribution >= 4 is 22.9 Å². The van der Waals surface area contributed by atoms with Gasteiger partial charge in [0.1, 0.15) is 12.3 Å². The number of nitrogens with one attached hydrogen (secondary N) is 1. The normalized spacial score (nSPS) is 18.6. The third-order valence-corrected chi connectivity index (χ3v) is 5.43. The molecular formula is C19H26FN3O2. The number of nitrogens with zero attached hydrogens (tertiary/aromatic N) is 2. The lowest BCUT2D eigenvalue weighted by molar-refractivity contribution is -0.122. The third-order valence-electron chi connectivity index (χ3n) is 5.43. The molecule has 136 valence electrons. The number of anilines is 1. The maximum Gasteiger partial charge on any atom is 0.229 e. The largest absolute Gasteiger partial charge is 0.387 e. The summed E-state index contributed by atoms with van der Waals surface area (Å²) in [6.07, 6.45) is 3.10. The summed E-state index contributed by atoms with van der Waals surface area (Å²) < 4.78 is 15.1. The number of aliphatic hydroxyl groups is 1. The zero-order valence-corrected chi connectivity index (χ0v) is 15.1. The molecule has 1 fully saturated rings. The molecule has 0 radical (unpaired) electrons. The van der Waals surface area contributed by atoms with E-state index in [1.807, 2.05) is 19.1 Å². The van der Waals surface area contributed by atoms with E-state index < -0.39 is 18.2 Å². The second kappa shape index (κ2) is 6.41. The highest BCUT2D eigenvalue weighted by Gasteiger charge is 2.37. The van der Waals surface area contributed by atoms with Crippen molar-refractivity contribution in [3.05, 3.63) is 23.8 Å². The minimum Gasteiger partial charge on any atom is -0.387 e. The van der Waals surface area contributed by atoms with Gasteiger partial charge in [-0.25, -0.2) is 9.37 Å². The van der Waals surface area contributed by atoms with Crippen molar-refractivity contribution in [3.8, 4) is 0 Å². The lowest BCUT2D eigenvalue weighted by Gasteiger charge is -2.41. The molecule has 1 atom stereocenters. The Morgan fingerprint density at radius 2 is 2.20 bits per heavy atom. The minimum atomic E-state index is -1.61. The van der Waals surface area contributed by atoms with Gasteiger partial charge in [0.25, 0.3) is 0 Å². The molecule has 3 rings (SSSR count). The van der Waals surface area contributed by atoms with Crippen LogP contribution in [0.3, 0.4) is 0 Å². The van der Waals surface area contributed by atoms with Gasteiger partial charge in [0.2, 0.25) is 11.9 Å². The molecule has 1 amide bonds. The van der Waals surface area contributed by atoms with Crippen LogP contribution in [0.5, 0.6) is 0 Å². The second-order valence-corrected chi connectivity index (χ2v) is 7.55. The fourth-order valence-electron chi connectivity index (χ4n) is 3.46. The summed E-state index contributed by atoms with van der Waals surface area (Å²) in [4.78, 5) is 17.0. The molecule has 1 unspecified atom stereocenters. The molecule has 0 bridgehead atoms. The molecule has 1 heterocycles. The summed E-state index contributed by atoms with van der Waals surface area (Å²) in [6.45, 7) is 4.92. The summed E-state index contributed by atoms with van der Waals surface area (Å²) in [5, 5.41) is 12.9. The Balaban J connectivity index is 1.96. The highest BCUT2D eigenvalue weighted by Crippen LogP contribution is 2.43. The van der Waals surface area contributed by atoms with Gasteiger partial charge in [0.15, 0.2) is 0 Å². The van der Waals surface area contributed by atoms with Crippen molar-refractivity contribution in [1.29, 1.82) is 0 Å². The third kappa shape index (κ3) is 3.27. The molecule has 5 nitrogen and oxygen atoms in total. The van der Waals surface area contributed by atoms with Crippen LogP contribution < -0.4 is 5.32 Å². The number of hydrogen-bond donors (Lipinski definition) is 2. The zero-order chi connectivity index (χ0) is 18.2. The number of aromatic nitrogens is 2. The first kappa shape index (κ1) is 17.9. The number of amides is 1. The van der Waals surface area contributed by atoms with E-state index in [-0.39, 0.29) is 18.4 Å². The predicted molar refractivity (Wildman–Crippen MR) is 96.4 cm³/mol. The molecule has 0 spiro atoms. The van der Waals surface area contributed by atoms with Gasteiger partial charge in [-0.2, -0.15) is 0 Å². The van der Waals surface area contributed by atoms with Crippen molar-refractivity contribution in [2.45, 2.75) is 64.0 Å². The van der Waals surface area contributed by atoms with E-state index in [1.165, 1.54) is 0 Å². The molecule has 25 heavy (non-hydrogen) atoms. The average Bonchev–Trinajstić information content (AvgIpc) is 2.89. The van der Waals surface area contributed by atoms with E-state index in [0.29, 0.717) is 5.95 Å². The monoisotopic (exact) mass is 347 g/mol. The maximum absolute atomic E-state index is 13.0. The Hall–Kier alpha value is -1.95. The highest BCUT2D eigenvalue weighted by atomic mass is 19.1. The first-order chi connectivity index (χ1) is 11.8. The van der Waals surface area contributed by atoms with Crippen molar-refractivity contribution in [1.82, 2.24) is 9.55 Å². The summed E-state index contributed by atoms with van der Waals surface area (Å²) >= 11 is 0. The Morgan fingerprint density at radius 3 is 2.76 bits per heavy atom. The van der Waals surface area contributed by atoms with Gasteiger partial charge in [-0.1, -0.05) is 13.0 Å². The molecule has 1 saturated carbocycles. The molecular weight excluding hydrogens is 321 g/mol. The van der Waals surface area contributed by atoms with Gasteiger partial charge in [-0.05, 0) is 57.2 Å². The summed E-state index contributed by atoms with van der Waals surface area (Å²) in [7, 11) is 0. The number of rotatable bonds is 6. The number of hydrogen-bond acceptors (Lipinski definition) is 3. The van der Waals surface area contributed by atoms with Gasteiger partial charge >= 0.3 is 0 Å². The standard InChI is InChI=1S/C19H26FN3O2/c1-4-19(25,12-20)11-16(24)22-17-21-14-7-6-13(2)10-15(14)23(17)18(3)8-5-9-18/h6-7,10,25H,4-5,8-9,11-12H2,1-3H3,(H,21,22,24). The lowest BCUT2D eigenvalue weighted by Crippen LogP contribution is -2.39. The molecule has 1 aliphatic rings. The van der Waals surface area contributed by atoms with E-state index in [4.69, 9.17) is 0 Å². The van der Waals surface area contributed by atoms with E-state index in [0.717, 1.165) is 35.9 Å². The zero-order valence-electron chi connectivity index (χ0n) is 15.1. The van der Waals surface area contributed by atoms with Crippen molar-refractivity contribution in [2.24, 2.45) is 0 Å². The summed E-state index contributed by atoms with van der Waals surface area (Å²) in [5.74, 6) is 0.0586. The lowest BCUT2D eigenvalue weighted by atomic mass is 9.78. The summed E-state index contributed by atoms with van der Waals surface area (Å²) in [6, 6.07) is 6.02. The minimum absolute atomic E-state index is 0.0771. The number of halogens is 1. The fraction of sp³-hybridized carbons (Fsp3) is 0.579. The van der Waals surface area contributed by atoms with E-state index in [2.05, 4.69) is 27.9 Å². The van der Waals surface area contributed by atoms with E-state index >= 15 is 0 Å². The van der Waals surface area contributed by atoms with Crippen LogP contribution in [-0.4, -0.2) is 32.8 Å². The number of carbonyl (C=O) groups excluding carboxylic acids is 1. The molecule has 1 aliphatic carbocycles. The van der Waals surface area contributed by atoms with Crippen LogP contribution in [0.4, 0.5) is 10.3 Å². The van der Waals surface area contributed by atoms with Gasteiger partial charge in [0.05, 0.1) is 17.5 Å². The van der Waals surface area contributed by atoms with Crippen LogP contribution in [0, 0.1) is 6.92 Å². The van der Waals surface area contributed by atoms with Crippen LogP contribution in [-0.2, 0) is 10.3 Å². The van der Waals surface area contributed by atoms with Gasteiger partial charge in [-0.15, -0.1) is 0 Å². The van der Waals surface area contributed by atoms with Crippen molar-refractivity contribution < 1.29 is 14.3 Å². The van der Waals surface area contributed by atoms with Crippen molar-refractivity contribution in [3.63, 3.8) is 0 Å². The Bertz CT molecular complexity index is 791. The number of fused-ring (bicyclic) bond motifs is 1. The molecule has 2 N–H and O–H groups in total. The van der Waals surface area contributed by atoms with Gasteiger partial charge < -0.3 is 9.67 Å². The fourth-order valence-corrected chi connectivity index (χ4v) is 3.46. The molecule has 0 saturated heterocycles. The first-order valence-corrected chi connectivity index (χ1v) is 8.88. The maximum atomic E-state index is 13.0. The van der Waals surface area contributed by atoms with Crippen LogP contribution >= 0.6 is 0 Å². The summed E-state index contributed by atoms with van der Waals surface area (Å²) in [5.41, 5.74) is 1.26. The molecule has 1 aromatic carbocycles. The van der Waals surface area contributed by atoms with Crippen LogP contribution in [0.15, 0.2) is 18.2 Å². The quantitative estimate of drug-likeness (QED) is 0.837.